The summed E-state index contributed by atoms with van der Waals surface area (Å²) in [5.74, 6) is -0.770. The fraction of sp³-hybridized carbons (Fsp3) is 0.500. The van der Waals surface area contributed by atoms with Crippen LogP contribution >= 0.6 is 0 Å². The smallest absolute Gasteiger partial charge is 0.320 e. The van der Waals surface area contributed by atoms with Crippen molar-refractivity contribution >= 4 is 5.97 Å². The molecule has 0 heterocycles. The lowest BCUT2D eigenvalue weighted by Crippen LogP contribution is -2.37. The predicted molar refractivity (Wildman–Crippen MR) is 69.3 cm³/mol. The van der Waals surface area contributed by atoms with Crippen LogP contribution in [-0.4, -0.2) is 35.6 Å². The first-order chi connectivity index (χ1) is 7.91. The van der Waals surface area contributed by atoms with Gasteiger partial charge in [-0.05, 0) is 45.4 Å². The van der Waals surface area contributed by atoms with Crippen LogP contribution in [0.15, 0.2) is 18.2 Å². The molecule has 3 heteroatoms. The summed E-state index contributed by atoms with van der Waals surface area (Å²) < 4.78 is 0. The van der Waals surface area contributed by atoms with Crippen molar-refractivity contribution in [3.8, 4) is 0 Å². The van der Waals surface area contributed by atoms with E-state index in [-0.39, 0.29) is 0 Å². The lowest BCUT2D eigenvalue weighted by molar-refractivity contribution is -0.142. The summed E-state index contributed by atoms with van der Waals surface area (Å²) in [6.07, 6.45) is 0.891. The Labute approximate surface area is 103 Å². The molecule has 1 N–H and O–H groups in total. The van der Waals surface area contributed by atoms with E-state index >= 15 is 0 Å². The standard InChI is InChI=1S/C14H21NO2/c1-10-5-6-11(2)13(9-10)7-8-15(4)12(3)14(16)17/h5-6,9,12H,7-8H2,1-4H3,(H,16,17). The van der Waals surface area contributed by atoms with Crippen molar-refractivity contribution in [1.82, 2.24) is 4.90 Å². The van der Waals surface area contributed by atoms with E-state index in [1.807, 2.05) is 11.9 Å². The molecule has 1 aromatic carbocycles. The molecule has 1 atom stereocenters. The minimum Gasteiger partial charge on any atom is -0.480 e. The van der Waals surface area contributed by atoms with Gasteiger partial charge in [-0.25, -0.2) is 0 Å². The molecular weight excluding hydrogens is 214 g/mol. The summed E-state index contributed by atoms with van der Waals surface area (Å²) in [5.41, 5.74) is 3.82. The summed E-state index contributed by atoms with van der Waals surface area (Å²) in [6, 6.07) is 5.96. The molecule has 0 saturated heterocycles. The molecule has 0 fully saturated rings. The van der Waals surface area contributed by atoms with Gasteiger partial charge < -0.3 is 5.11 Å². The van der Waals surface area contributed by atoms with Crippen LogP contribution in [0.25, 0.3) is 0 Å². The van der Waals surface area contributed by atoms with Crippen molar-refractivity contribution in [2.24, 2.45) is 0 Å². The zero-order chi connectivity index (χ0) is 13.0. The fourth-order valence-electron chi connectivity index (χ4n) is 1.75. The van der Waals surface area contributed by atoms with Gasteiger partial charge in [0.2, 0.25) is 0 Å². The van der Waals surface area contributed by atoms with Crippen molar-refractivity contribution in [2.45, 2.75) is 33.2 Å². The van der Waals surface area contributed by atoms with Crippen LogP contribution < -0.4 is 0 Å². The van der Waals surface area contributed by atoms with Crippen LogP contribution in [0.1, 0.15) is 23.6 Å². The molecule has 0 spiro atoms. The second kappa shape index (κ2) is 5.82. The van der Waals surface area contributed by atoms with Crippen LogP contribution in [-0.2, 0) is 11.2 Å². The molecule has 0 amide bonds. The largest absolute Gasteiger partial charge is 0.480 e. The summed E-state index contributed by atoms with van der Waals surface area (Å²) in [6.45, 7) is 6.64. The van der Waals surface area contributed by atoms with Crippen LogP contribution in [0.5, 0.6) is 0 Å². The maximum atomic E-state index is 10.8. The van der Waals surface area contributed by atoms with Gasteiger partial charge in [-0.2, -0.15) is 0 Å². The van der Waals surface area contributed by atoms with Gasteiger partial charge in [0.05, 0.1) is 0 Å². The molecule has 0 aliphatic rings. The van der Waals surface area contributed by atoms with Gasteiger partial charge in [0.25, 0.3) is 0 Å². The fourth-order valence-corrected chi connectivity index (χ4v) is 1.75. The molecule has 0 aromatic heterocycles. The molecule has 0 radical (unpaired) electrons. The third-order valence-electron chi connectivity index (χ3n) is 3.26. The Morgan fingerprint density at radius 1 is 1.41 bits per heavy atom. The van der Waals surface area contributed by atoms with E-state index in [2.05, 4.69) is 32.0 Å². The minimum absolute atomic E-state index is 0.430. The third-order valence-corrected chi connectivity index (χ3v) is 3.26. The maximum absolute atomic E-state index is 10.8. The number of carboxylic acid groups (broad SMARTS) is 1. The number of carbonyl (C=O) groups is 1. The van der Waals surface area contributed by atoms with Gasteiger partial charge in [0, 0.05) is 6.54 Å². The number of benzene rings is 1. The highest BCUT2D eigenvalue weighted by Gasteiger charge is 2.16. The van der Waals surface area contributed by atoms with E-state index in [0.717, 1.165) is 13.0 Å². The lowest BCUT2D eigenvalue weighted by Gasteiger charge is -2.21. The molecular formula is C14H21NO2. The third kappa shape index (κ3) is 3.86. The van der Waals surface area contributed by atoms with Gasteiger partial charge in [0.15, 0.2) is 0 Å². The molecule has 1 rings (SSSR count). The highest BCUT2D eigenvalue weighted by Crippen LogP contribution is 2.12. The lowest BCUT2D eigenvalue weighted by atomic mass is 10.0. The highest BCUT2D eigenvalue weighted by molar-refractivity contribution is 5.72. The zero-order valence-electron chi connectivity index (χ0n) is 11.0. The number of rotatable bonds is 5. The van der Waals surface area contributed by atoms with E-state index in [4.69, 9.17) is 5.11 Å². The Morgan fingerprint density at radius 3 is 2.65 bits per heavy atom. The number of aryl methyl sites for hydroxylation is 2. The topological polar surface area (TPSA) is 40.5 Å². The summed E-state index contributed by atoms with van der Waals surface area (Å²) in [7, 11) is 1.85. The number of hydrogen-bond acceptors (Lipinski definition) is 2. The SMILES string of the molecule is Cc1ccc(C)c(CCN(C)C(C)C(=O)O)c1. The summed E-state index contributed by atoms with van der Waals surface area (Å²) in [4.78, 5) is 12.7. The highest BCUT2D eigenvalue weighted by atomic mass is 16.4. The van der Waals surface area contributed by atoms with E-state index in [0.29, 0.717) is 0 Å². The molecule has 1 unspecified atom stereocenters. The van der Waals surface area contributed by atoms with Gasteiger partial charge in [-0.1, -0.05) is 23.8 Å². The molecule has 1 aromatic rings. The van der Waals surface area contributed by atoms with Gasteiger partial charge >= 0.3 is 5.97 Å². The number of nitrogens with zero attached hydrogens (tertiary/aromatic N) is 1. The van der Waals surface area contributed by atoms with Crippen molar-refractivity contribution in [1.29, 1.82) is 0 Å². The number of aliphatic carboxylic acids is 1. The second-order valence-corrected chi connectivity index (χ2v) is 4.67. The van der Waals surface area contributed by atoms with Crippen molar-refractivity contribution in [3.63, 3.8) is 0 Å². The van der Waals surface area contributed by atoms with Crippen LogP contribution in [0.4, 0.5) is 0 Å². The first-order valence-electron chi connectivity index (χ1n) is 5.91. The summed E-state index contributed by atoms with van der Waals surface area (Å²) >= 11 is 0. The first kappa shape index (κ1) is 13.7. The minimum atomic E-state index is -0.770. The normalized spacial score (nSPS) is 12.8. The molecule has 0 aliphatic heterocycles. The monoisotopic (exact) mass is 235 g/mol. The summed E-state index contributed by atoms with van der Waals surface area (Å²) in [5, 5.41) is 8.91. The average molecular weight is 235 g/mol. The van der Waals surface area contributed by atoms with Gasteiger partial charge in [0.1, 0.15) is 6.04 Å². The number of carboxylic acids is 1. The van der Waals surface area contributed by atoms with Gasteiger partial charge in [-0.15, -0.1) is 0 Å². The quantitative estimate of drug-likeness (QED) is 0.851. The molecule has 0 aliphatic carbocycles. The van der Waals surface area contributed by atoms with Crippen molar-refractivity contribution in [2.75, 3.05) is 13.6 Å². The molecule has 3 nitrogen and oxygen atoms in total. The van der Waals surface area contributed by atoms with E-state index in [1.54, 1.807) is 6.92 Å². The maximum Gasteiger partial charge on any atom is 0.320 e. The van der Waals surface area contributed by atoms with Gasteiger partial charge in [-0.3, -0.25) is 9.69 Å². The molecule has 0 saturated carbocycles. The second-order valence-electron chi connectivity index (χ2n) is 4.67. The Hall–Kier alpha value is -1.35. The van der Waals surface area contributed by atoms with E-state index in [1.165, 1.54) is 16.7 Å². The van der Waals surface area contributed by atoms with Crippen molar-refractivity contribution in [3.05, 3.63) is 34.9 Å². The Bertz CT molecular complexity index is 401. The zero-order valence-corrected chi connectivity index (χ0v) is 11.0. The molecule has 17 heavy (non-hydrogen) atoms. The average Bonchev–Trinajstić information content (AvgIpc) is 2.28. The van der Waals surface area contributed by atoms with Crippen LogP contribution in [0, 0.1) is 13.8 Å². The Morgan fingerprint density at radius 2 is 2.06 bits per heavy atom. The molecule has 94 valence electrons. The Balaban J connectivity index is 2.61. The van der Waals surface area contributed by atoms with Crippen LogP contribution in [0.2, 0.25) is 0 Å². The van der Waals surface area contributed by atoms with Crippen molar-refractivity contribution < 1.29 is 9.90 Å². The Kier molecular flexibility index (Phi) is 4.70. The molecule has 0 bridgehead atoms. The number of hydrogen-bond donors (Lipinski definition) is 1. The predicted octanol–water partition coefficient (Wildman–Crippen LogP) is 2.25. The van der Waals surface area contributed by atoms with E-state index in [9.17, 15) is 4.79 Å². The van der Waals surface area contributed by atoms with E-state index < -0.39 is 12.0 Å². The number of likely N-dealkylation sites (N-methyl/N-ethyl adjacent to an activating group) is 1. The van der Waals surface area contributed by atoms with Crippen LogP contribution in [0.3, 0.4) is 0 Å². The first-order valence-corrected chi connectivity index (χ1v) is 5.91.